The van der Waals surface area contributed by atoms with Crippen LogP contribution in [0.1, 0.15) is 28.5 Å². The van der Waals surface area contributed by atoms with Gasteiger partial charge in [-0.15, -0.1) is 0 Å². The van der Waals surface area contributed by atoms with Gasteiger partial charge in [0, 0.05) is 24.5 Å². The van der Waals surface area contributed by atoms with E-state index in [1.807, 2.05) is 6.92 Å². The quantitative estimate of drug-likeness (QED) is 0.804. The van der Waals surface area contributed by atoms with Gasteiger partial charge in [0.2, 0.25) is 16.0 Å². The van der Waals surface area contributed by atoms with Crippen LogP contribution in [0.3, 0.4) is 0 Å². The van der Waals surface area contributed by atoms with Crippen LogP contribution >= 0.6 is 0 Å². The van der Waals surface area contributed by atoms with Crippen molar-refractivity contribution in [1.82, 2.24) is 9.29 Å². The molecule has 0 fully saturated rings. The number of nitrogens with zero attached hydrogens (tertiary/aromatic N) is 3. The molecule has 3 N–H and O–H groups in total. The first-order chi connectivity index (χ1) is 13.0. The first kappa shape index (κ1) is 19.7. The molecule has 1 aliphatic heterocycles. The number of hydrogen-bond acceptors (Lipinski definition) is 6. The summed E-state index contributed by atoms with van der Waals surface area (Å²) in [7, 11) is -2.47. The van der Waals surface area contributed by atoms with Crippen LogP contribution in [0.15, 0.2) is 41.5 Å². The largest absolute Gasteiger partial charge is 0.369 e. The molecule has 0 aliphatic carbocycles. The van der Waals surface area contributed by atoms with Crippen LogP contribution in [0.25, 0.3) is 0 Å². The molecule has 1 aromatic carbocycles. The van der Waals surface area contributed by atoms with Gasteiger partial charge in [0.25, 0.3) is 5.91 Å². The van der Waals surface area contributed by atoms with Crippen LogP contribution in [0.5, 0.6) is 0 Å². The average molecular weight is 405 g/mol. The number of carbonyl (C=O) groups is 1. The molecule has 8 nitrogen and oxygen atoms in total. The van der Waals surface area contributed by atoms with E-state index >= 15 is 0 Å². The minimum absolute atomic E-state index is 0.0155. The Morgan fingerprint density at radius 2 is 2.04 bits per heavy atom. The van der Waals surface area contributed by atoms with Gasteiger partial charge < -0.3 is 11.1 Å². The molecule has 1 atom stereocenters. The van der Waals surface area contributed by atoms with Gasteiger partial charge in [0.1, 0.15) is 17.1 Å². The van der Waals surface area contributed by atoms with E-state index in [2.05, 4.69) is 15.3 Å². The Morgan fingerprint density at radius 1 is 1.32 bits per heavy atom. The number of rotatable bonds is 3. The highest BCUT2D eigenvalue weighted by Crippen LogP contribution is 2.34. The summed E-state index contributed by atoms with van der Waals surface area (Å²) in [5.74, 6) is -1.80. The van der Waals surface area contributed by atoms with Gasteiger partial charge in [-0.25, -0.2) is 22.1 Å². The van der Waals surface area contributed by atoms with Crippen molar-refractivity contribution in [1.29, 1.82) is 0 Å². The van der Waals surface area contributed by atoms with Gasteiger partial charge in [-0.3, -0.25) is 9.78 Å². The molecule has 28 heavy (non-hydrogen) atoms. The molecular formula is C18H20FN5O3S. The third-order valence-electron chi connectivity index (χ3n) is 4.51. The molecule has 1 unspecified atom stereocenters. The zero-order valence-corrected chi connectivity index (χ0v) is 16.4. The van der Waals surface area contributed by atoms with Crippen molar-refractivity contribution in [2.45, 2.75) is 19.4 Å². The average Bonchev–Trinajstić information content (AvgIpc) is 2.61. The number of carbonyl (C=O) groups excluding carboxylic acids is 1. The van der Waals surface area contributed by atoms with Gasteiger partial charge in [-0.2, -0.15) is 0 Å². The van der Waals surface area contributed by atoms with Crippen molar-refractivity contribution in [3.8, 4) is 0 Å². The molecule has 1 aliphatic rings. The number of sulfonamides is 1. The van der Waals surface area contributed by atoms with Crippen LogP contribution < -0.4 is 11.1 Å². The number of amides is 1. The number of benzene rings is 1. The fourth-order valence-corrected chi connectivity index (χ4v) is 4.35. The summed E-state index contributed by atoms with van der Waals surface area (Å²) in [6.07, 6.45) is 1.56. The fraction of sp³-hybridized carbons (Fsp3) is 0.278. The monoisotopic (exact) mass is 405 g/mol. The van der Waals surface area contributed by atoms with Crippen molar-refractivity contribution in [2.24, 2.45) is 10.7 Å². The Labute approximate surface area is 162 Å². The van der Waals surface area contributed by atoms with E-state index < -0.39 is 33.0 Å². The van der Waals surface area contributed by atoms with Gasteiger partial charge in [-0.1, -0.05) is 6.07 Å². The van der Waals surface area contributed by atoms with Gasteiger partial charge >= 0.3 is 0 Å². The topological polar surface area (TPSA) is 118 Å². The Bertz CT molecular complexity index is 1070. The van der Waals surface area contributed by atoms with Gasteiger partial charge in [-0.05, 0) is 43.7 Å². The summed E-state index contributed by atoms with van der Waals surface area (Å²) in [6, 6.07) is 7.21. The summed E-state index contributed by atoms with van der Waals surface area (Å²) in [4.78, 5) is 20.6. The van der Waals surface area contributed by atoms with Crippen molar-refractivity contribution < 1.29 is 17.6 Å². The van der Waals surface area contributed by atoms with Crippen molar-refractivity contribution >= 4 is 27.6 Å². The molecule has 0 spiro atoms. The van der Waals surface area contributed by atoms with E-state index in [0.717, 1.165) is 15.9 Å². The smallest absolute Gasteiger partial charge is 0.274 e. The van der Waals surface area contributed by atoms with E-state index in [1.54, 1.807) is 18.3 Å². The minimum Gasteiger partial charge on any atom is -0.369 e. The van der Waals surface area contributed by atoms with E-state index in [1.165, 1.54) is 26.1 Å². The van der Waals surface area contributed by atoms with E-state index in [4.69, 9.17) is 5.73 Å². The molecule has 0 saturated heterocycles. The third-order valence-corrected chi connectivity index (χ3v) is 6.46. The molecule has 1 aromatic heterocycles. The lowest BCUT2D eigenvalue weighted by atomic mass is 9.93. The molecule has 3 rings (SSSR count). The van der Waals surface area contributed by atoms with Crippen LogP contribution in [-0.2, 0) is 15.6 Å². The number of anilines is 1. The zero-order chi connectivity index (χ0) is 20.7. The second-order valence-electron chi connectivity index (χ2n) is 6.84. The van der Waals surface area contributed by atoms with Crippen molar-refractivity contribution in [3.63, 3.8) is 0 Å². The standard InChI is InChI=1S/C18H20FN5O3S/c1-11-4-7-15(21-9-11)16(25)22-12-5-6-14(19)13(8-12)18(2)10-28(26,27)24(3)17(20)23-18/h4-9H,10H2,1-3H3,(H2,20,23)(H,22,25). The highest BCUT2D eigenvalue weighted by molar-refractivity contribution is 7.89. The summed E-state index contributed by atoms with van der Waals surface area (Å²) in [6.45, 7) is 3.33. The summed E-state index contributed by atoms with van der Waals surface area (Å²) in [5, 5.41) is 2.63. The summed E-state index contributed by atoms with van der Waals surface area (Å²) >= 11 is 0. The fourth-order valence-electron chi connectivity index (χ4n) is 2.90. The Hall–Kier alpha value is -3.01. The maximum Gasteiger partial charge on any atom is 0.274 e. The van der Waals surface area contributed by atoms with Gasteiger partial charge in [0.15, 0.2) is 0 Å². The van der Waals surface area contributed by atoms with Crippen LogP contribution in [0, 0.1) is 12.7 Å². The maximum absolute atomic E-state index is 14.5. The van der Waals surface area contributed by atoms with E-state index in [0.29, 0.717) is 0 Å². The maximum atomic E-state index is 14.5. The van der Waals surface area contributed by atoms with Crippen molar-refractivity contribution in [3.05, 3.63) is 59.2 Å². The minimum atomic E-state index is -3.75. The second kappa shape index (κ2) is 6.86. The second-order valence-corrected chi connectivity index (χ2v) is 8.84. The number of aromatic nitrogens is 1. The molecule has 0 bridgehead atoms. The van der Waals surface area contributed by atoms with Crippen LogP contribution in [0.4, 0.5) is 10.1 Å². The molecule has 0 saturated carbocycles. The number of aliphatic imine (C=N–C) groups is 1. The number of aryl methyl sites for hydroxylation is 1. The molecule has 2 aromatic rings. The van der Waals surface area contributed by atoms with Crippen LogP contribution in [0.2, 0.25) is 0 Å². The lowest BCUT2D eigenvalue weighted by molar-refractivity contribution is 0.102. The van der Waals surface area contributed by atoms with Crippen molar-refractivity contribution in [2.75, 3.05) is 18.1 Å². The predicted octanol–water partition coefficient (Wildman–Crippen LogP) is 1.59. The lowest BCUT2D eigenvalue weighted by Crippen LogP contribution is -2.50. The molecule has 10 heteroatoms. The SMILES string of the molecule is Cc1ccc(C(=O)Nc2ccc(F)c(C3(C)CS(=O)(=O)N(C)C(N)=N3)c2)nc1. The Morgan fingerprint density at radius 3 is 2.64 bits per heavy atom. The molecule has 2 heterocycles. The third kappa shape index (κ3) is 3.68. The number of hydrogen-bond donors (Lipinski definition) is 2. The van der Waals surface area contributed by atoms with Crippen LogP contribution in [-0.4, -0.2) is 42.4 Å². The highest BCUT2D eigenvalue weighted by atomic mass is 32.2. The first-order valence-corrected chi connectivity index (χ1v) is 9.99. The molecule has 148 valence electrons. The van der Waals surface area contributed by atoms with Gasteiger partial charge in [0.05, 0.1) is 5.75 Å². The van der Waals surface area contributed by atoms with E-state index in [9.17, 15) is 17.6 Å². The molecule has 1 amide bonds. The van der Waals surface area contributed by atoms with E-state index in [-0.39, 0.29) is 22.9 Å². The molecule has 0 radical (unpaired) electrons. The first-order valence-electron chi connectivity index (χ1n) is 8.38. The Kier molecular flexibility index (Phi) is 4.84. The highest BCUT2D eigenvalue weighted by Gasteiger charge is 2.41. The number of nitrogens with one attached hydrogen (secondary N) is 1. The summed E-state index contributed by atoms with van der Waals surface area (Å²) in [5.41, 5.74) is 5.71. The number of nitrogens with two attached hydrogens (primary N) is 1. The molecular weight excluding hydrogens is 385 g/mol. The summed E-state index contributed by atoms with van der Waals surface area (Å²) < 4.78 is 40.1. The number of pyridine rings is 1. The predicted molar refractivity (Wildman–Crippen MR) is 104 cm³/mol. The lowest BCUT2D eigenvalue weighted by Gasteiger charge is -2.34. The number of guanidine groups is 1. The Balaban J connectivity index is 1.96. The normalized spacial score (nSPS) is 21.1. The zero-order valence-electron chi connectivity index (χ0n) is 15.6. The number of halogens is 1.